The van der Waals surface area contributed by atoms with Crippen LogP contribution in [-0.4, -0.2) is 23.2 Å². The lowest BCUT2D eigenvalue weighted by molar-refractivity contribution is 0.259. The van der Waals surface area contributed by atoms with Gasteiger partial charge in [0.2, 0.25) is 0 Å². The lowest BCUT2D eigenvalue weighted by Crippen LogP contribution is -2.03. The smallest absolute Gasteiger partial charge is 0.163 e. The van der Waals surface area contributed by atoms with Crippen LogP contribution in [0.1, 0.15) is 117 Å². The van der Waals surface area contributed by atoms with Gasteiger partial charge in [0, 0.05) is 12.1 Å². The van der Waals surface area contributed by atoms with Crippen molar-refractivity contribution < 1.29 is 9.47 Å². The molecule has 1 aromatic heterocycles. The summed E-state index contributed by atoms with van der Waals surface area (Å²) in [6.07, 6.45) is 20.7. The van der Waals surface area contributed by atoms with E-state index in [1.807, 2.05) is 36.4 Å². The molecule has 0 aliphatic carbocycles. The third-order valence-corrected chi connectivity index (χ3v) is 6.92. The lowest BCUT2D eigenvalue weighted by Gasteiger charge is -2.14. The molecule has 0 saturated carbocycles. The molecule has 36 heavy (non-hydrogen) atoms. The van der Waals surface area contributed by atoms with E-state index < -0.39 is 0 Å². The Labute approximate surface area is 219 Å². The van der Waals surface area contributed by atoms with E-state index in [9.17, 15) is 0 Å². The van der Waals surface area contributed by atoms with Gasteiger partial charge < -0.3 is 9.47 Å². The van der Waals surface area contributed by atoms with Crippen molar-refractivity contribution in [3.63, 3.8) is 0 Å². The Balaban J connectivity index is 1.53. The van der Waals surface area contributed by atoms with E-state index in [4.69, 9.17) is 19.4 Å². The molecule has 0 atom stereocenters. The number of rotatable bonds is 20. The number of hydrogen-bond donors (Lipinski definition) is 0. The van der Waals surface area contributed by atoms with Crippen molar-refractivity contribution in [1.29, 1.82) is 0 Å². The summed E-state index contributed by atoms with van der Waals surface area (Å²) in [5.74, 6) is 1.60. The fourth-order valence-electron chi connectivity index (χ4n) is 4.69. The van der Waals surface area contributed by atoms with Gasteiger partial charge in [-0.3, -0.25) is 0 Å². The van der Waals surface area contributed by atoms with Gasteiger partial charge in [0.1, 0.15) is 0 Å². The van der Waals surface area contributed by atoms with Gasteiger partial charge in [0.25, 0.3) is 0 Å². The molecule has 0 saturated heterocycles. The van der Waals surface area contributed by atoms with Crippen molar-refractivity contribution in [3.8, 4) is 11.5 Å². The standard InChI is InChI=1S/C32H48N2O2/c1-3-5-7-9-11-13-15-19-23-35-31-25-29-30(34-28-22-18-17-21-27(28)33-29)26-32(31)36-24-20-16-14-12-10-8-6-4-2/h17-18,21-22,25-26H,3-16,19-20,23-24H2,1-2H3. The molecule has 4 nitrogen and oxygen atoms in total. The minimum Gasteiger partial charge on any atom is -0.490 e. The van der Waals surface area contributed by atoms with E-state index in [0.29, 0.717) is 0 Å². The van der Waals surface area contributed by atoms with Crippen LogP contribution in [0.3, 0.4) is 0 Å². The van der Waals surface area contributed by atoms with E-state index in [2.05, 4.69) is 13.8 Å². The highest BCUT2D eigenvalue weighted by molar-refractivity contribution is 5.88. The van der Waals surface area contributed by atoms with Crippen molar-refractivity contribution in [2.24, 2.45) is 0 Å². The first-order chi connectivity index (χ1) is 17.8. The number of aromatic nitrogens is 2. The van der Waals surface area contributed by atoms with E-state index >= 15 is 0 Å². The third-order valence-electron chi connectivity index (χ3n) is 6.92. The number of para-hydroxylation sites is 2. The number of nitrogens with zero attached hydrogens (tertiary/aromatic N) is 2. The van der Waals surface area contributed by atoms with E-state index in [1.165, 1.54) is 89.9 Å². The summed E-state index contributed by atoms with van der Waals surface area (Å²) in [5.41, 5.74) is 3.54. The van der Waals surface area contributed by atoms with Crippen LogP contribution < -0.4 is 9.47 Å². The Morgan fingerprint density at radius 3 is 1.22 bits per heavy atom. The predicted molar refractivity (Wildman–Crippen MR) is 153 cm³/mol. The Bertz CT molecular complexity index is 924. The second kappa shape index (κ2) is 17.2. The first kappa shape index (κ1) is 28.2. The Kier molecular flexibility index (Phi) is 13.4. The van der Waals surface area contributed by atoms with E-state index in [1.54, 1.807) is 0 Å². The highest BCUT2D eigenvalue weighted by atomic mass is 16.5. The fraction of sp³-hybridized carbons (Fsp3) is 0.625. The molecule has 0 spiro atoms. The van der Waals surface area contributed by atoms with Gasteiger partial charge >= 0.3 is 0 Å². The third kappa shape index (κ3) is 9.95. The summed E-state index contributed by atoms with van der Waals surface area (Å²) >= 11 is 0. The zero-order valence-electron chi connectivity index (χ0n) is 22.9. The molecule has 0 N–H and O–H groups in total. The molecule has 0 unspecified atom stereocenters. The summed E-state index contributed by atoms with van der Waals surface area (Å²) in [5, 5.41) is 0. The summed E-state index contributed by atoms with van der Waals surface area (Å²) in [7, 11) is 0. The van der Waals surface area contributed by atoms with Gasteiger partial charge in [-0.1, -0.05) is 116 Å². The second-order valence-electron chi connectivity index (χ2n) is 10.1. The Morgan fingerprint density at radius 1 is 0.472 bits per heavy atom. The maximum Gasteiger partial charge on any atom is 0.163 e. The molecule has 2 aromatic carbocycles. The number of ether oxygens (including phenoxy) is 2. The summed E-state index contributed by atoms with van der Waals surface area (Å²) in [6, 6.07) is 12.1. The van der Waals surface area contributed by atoms with Crippen LogP contribution in [0.25, 0.3) is 22.1 Å². The molecule has 0 fully saturated rings. The summed E-state index contributed by atoms with van der Waals surface area (Å²) < 4.78 is 12.5. The molecule has 0 bridgehead atoms. The van der Waals surface area contributed by atoms with E-state index in [-0.39, 0.29) is 0 Å². The predicted octanol–water partition coefficient (Wildman–Crippen LogP) is 9.82. The largest absolute Gasteiger partial charge is 0.490 e. The number of unbranched alkanes of at least 4 members (excludes halogenated alkanes) is 14. The maximum atomic E-state index is 6.24. The first-order valence-corrected chi connectivity index (χ1v) is 14.8. The van der Waals surface area contributed by atoms with Crippen molar-refractivity contribution >= 4 is 22.1 Å². The first-order valence-electron chi connectivity index (χ1n) is 14.8. The molecular formula is C32H48N2O2. The van der Waals surface area contributed by atoms with Crippen molar-refractivity contribution in [2.75, 3.05) is 13.2 Å². The SMILES string of the molecule is CCCCCCCCCCOc1cc2nc3ccccc3nc2cc1OCCCCCCCCCC. The van der Waals surface area contributed by atoms with Crippen LogP contribution in [0.4, 0.5) is 0 Å². The van der Waals surface area contributed by atoms with Crippen LogP contribution in [0.2, 0.25) is 0 Å². The molecule has 3 rings (SSSR count). The molecule has 4 heteroatoms. The van der Waals surface area contributed by atoms with Crippen LogP contribution in [0, 0.1) is 0 Å². The van der Waals surface area contributed by atoms with Crippen molar-refractivity contribution in [1.82, 2.24) is 9.97 Å². The lowest BCUT2D eigenvalue weighted by atomic mass is 10.1. The van der Waals surface area contributed by atoms with Crippen LogP contribution in [-0.2, 0) is 0 Å². The van der Waals surface area contributed by atoms with Crippen molar-refractivity contribution in [2.45, 2.75) is 117 Å². The monoisotopic (exact) mass is 492 g/mol. The zero-order chi connectivity index (χ0) is 25.3. The van der Waals surface area contributed by atoms with Crippen LogP contribution in [0.15, 0.2) is 36.4 Å². The number of benzene rings is 2. The number of hydrogen-bond acceptors (Lipinski definition) is 4. The van der Waals surface area contributed by atoms with Gasteiger partial charge in [0.05, 0.1) is 35.3 Å². The summed E-state index contributed by atoms with van der Waals surface area (Å²) in [6.45, 7) is 5.97. The molecule has 198 valence electrons. The molecule has 0 amide bonds. The maximum absolute atomic E-state index is 6.24. The zero-order valence-corrected chi connectivity index (χ0v) is 22.9. The normalized spacial score (nSPS) is 11.4. The minimum atomic E-state index is 0.718. The summed E-state index contributed by atoms with van der Waals surface area (Å²) in [4.78, 5) is 9.65. The van der Waals surface area contributed by atoms with E-state index in [0.717, 1.165) is 59.6 Å². The van der Waals surface area contributed by atoms with Gasteiger partial charge in [-0.2, -0.15) is 0 Å². The van der Waals surface area contributed by atoms with Crippen LogP contribution in [0.5, 0.6) is 11.5 Å². The van der Waals surface area contributed by atoms with Gasteiger partial charge in [-0.05, 0) is 25.0 Å². The van der Waals surface area contributed by atoms with Crippen molar-refractivity contribution in [3.05, 3.63) is 36.4 Å². The Morgan fingerprint density at radius 2 is 0.833 bits per heavy atom. The molecule has 0 aliphatic rings. The molecule has 0 aliphatic heterocycles. The Hall–Kier alpha value is -2.36. The fourth-order valence-corrected chi connectivity index (χ4v) is 4.69. The molecular weight excluding hydrogens is 444 g/mol. The second-order valence-corrected chi connectivity index (χ2v) is 10.1. The molecule has 1 heterocycles. The van der Waals surface area contributed by atoms with Gasteiger partial charge in [0.15, 0.2) is 11.5 Å². The quantitative estimate of drug-likeness (QED) is 0.116. The average molecular weight is 493 g/mol. The highest BCUT2D eigenvalue weighted by Gasteiger charge is 2.11. The average Bonchev–Trinajstić information content (AvgIpc) is 2.90. The molecule has 3 aromatic rings. The number of fused-ring (bicyclic) bond motifs is 2. The molecule has 0 radical (unpaired) electrons. The van der Waals surface area contributed by atoms with Gasteiger partial charge in [-0.25, -0.2) is 9.97 Å². The highest BCUT2D eigenvalue weighted by Crippen LogP contribution is 2.32. The van der Waals surface area contributed by atoms with Gasteiger partial charge in [-0.15, -0.1) is 0 Å². The topological polar surface area (TPSA) is 44.2 Å². The minimum absolute atomic E-state index is 0.718. The van der Waals surface area contributed by atoms with Crippen LogP contribution >= 0.6 is 0 Å².